The summed E-state index contributed by atoms with van der Waals surface area (Å²) in [5.74, 6) is 0.594. The van der Waals surface area contributed by atoms with Crippen LogP contribution >= 0.6 is 0 Å². The monoisotopic (exact) mass is 309 g/mol. The van der Waals surface area contributed by atoms with Crippen LogP contribution in [0.15, 0.2) is 61.3 Å². The van der Waals surface area contributed by atoms with Crippen molar-refractivity contribution in [3.05, 3.63) is 77.0 Å². The Balaban J connectivity index is 1.76. The predicted molar refractivity (Wildman–Crippen MR) is 86.5 cm³/mol. The van der Waals surface area contributed by atoms with Gasteiger partial charge in [-0.2, -0.15) is 0 Å². The number of imidazole rings is 1. The van der Waals surface area contributed by atoms with Gasteiger partial charge in [0.1, 0.15) is 12.0 Å². The van der Waals surface area contributed by atoms with E-state index in [2.05, 4.69) is 21.4 Å². The van der Waals surface area contributed by atoms with Gasteiger partial charge in [0, 0.05) is 24.1 Å². The van der Waals surface area contributed by atoms with Gasteiger partial charge in [0.2, 0.25) is 0 Å². The lowest BCUT2D eigenvalue weighted by molar-refractivity contribution is -0.385. The third-order valence-corrected chi connectivity index (χ3v) is 3.50. The Hall–Kier alpha value is -3.22. The van der Waals surface area contributed by atoms with Crippen LogP contribution < -0.4 is 5.32 Å². The molecule has 1 unspecified atom stereocenters. The quantitative estimate of drug-likeness (QED) is 0.577. The molecular formula is C16H15N5O2. The maximum atomic E-state index is 10.6. The van der Waals surface area contributed by atoms with Gasteiger partial charge in [-0.25, -0.2) is 9.97 Å². The summed E-state index contributed by atoms with van der Waals surface area (Å²) in [4.78, 5) is 18.3. The van der Waals surface area contributed by atoms with Crippen LogP contribution in [0.1, 0.15) is 18.5 Å². The molecule has 0 fully saturated rings. The second kappa shape index (κ2) is 6.27. The maximum Gasteiger partial charge on any atom is 0.287 e. The molecule has 23 heavy (non-hydrogen) atoms. The normalized spacial score (nSPS) is 11.9. The number of nitro groups is 1. The summed E-state index contributed by atoms with van der Waals surface area (Å²) >= 11 is 0. The summed E-state index contributed by atoms with van der Waals surface area (Å²) in [5.41, 5.74) is 2.08. The maximum absolute atomic E-state index is 10.6. The summed E-state index contributed by atoms with van der Waals surface area (Å²) in [6.07, 6.45) is 6.61. The van der Waals surface area contributed by atoms with E-state index in [0.717, 1.165) is 11.3 Å². The molecular weight excluding hydrogens is 294 g/mol. The van der Waals surface area contributed by atoms with Gasteiger partial charge in [-0.1, -0.05) is 12.1 Å². The third kappa shape index (κ3) is 3.34. The lowest BCUT2D eigenvalue weighted by Crippen LogP contribution is -2.08. The van der Waals surface area contributed by atoms with Crippen LogP contribution in [0.3, 0.4) is 0 Å². The molecule has 2 aromatic heterocycles. The van der Waals surface area contributed by atoms with Gasteiger partial charge in [-0.3, -0.25) is 10.1 Å². The molecule has 1 aromatic carbocycles. The molecule has 0 aliphatic carbocycles. The molecule has 0 radical (unpaired) electrons. The van der Waals surface area contributed by atoms with Gasteiger partial charge < -0.3 is 9.88 Å². The molecule has 2 heterocycles. The van der Waals surface area contributed by atoms with Gasteiger partial charge in [0.05, 0.1) is 17.3 Å². The van der Waals surface area contributed by atoms with Crippen LogP contribution in [0.5, 0.6) is 0 Å². The number of nitrogens with zero attached hydrogens (tertiary/aromatic N) is 4. The van der Waals surface area contributed by atoms with Crippen LogP contribution in [-0.4, -0.2) is 19.5 Å². The highest BCUT2D eigenvalue weighted by Crippen LogP contribution is 2.21. The molecule has 3 rings (SSSR count). The minimum absolute atomic E-state index is 0.00688. The van der Waals surface area contributed by atoms with Crippen molar-refractivity contribution in [2.75, 3.05) is 5.32 Å². The van der Waals surface area contributed by atoms with Gasteiger partial charge >= 0.3 is 0 Å². The third-order valence-electron chi connectivity index (χ3n) is 3.50. The first-order chi connectivity index (χ1) is 11.1. The fourth-order valence-electron chi connectivity index (χ4n) is 2.25. The Morgan fingerprint density at radius 3 is 2.83 bits per heavy atom. The first-order valence-corrected chi connectivity index (χ1v) is 7.09. The minimum atomic E-state index is -0.463. The lowest BCUT2D eigenvalue weighted by atomic mass is 10.1. The standard InChI is InChI=1S/C16H15N5O2/c1-12(19-16-6-5-15(10-18-16)21(22)23)13-3-2-4-14(9-13)20-8-7-17-11-20/h2-12H,1H3,(H,18,19). The summed E-state index contributed by atoms with van der Waals surface area (Å²) in [5, 5.41) is 13.9. The van der Waals surface area contributed by atoms with E-state index < -0.39 is 4.92 Å². The van der Waals surface area contributed by atoms with Gasteiger partial charge in [-0.05, 0) is 30.7 Å². The Kier molecular flexibility index (Phi) is 4.01. The highest BCUT2D eigenvalue weighted by atomic mass is 16.6. The lowest BCUT2D eigenvalue weighted by Gasteiger charge is -2.16. The zero-order chi connectivity index (χ0) is 16.2. The topological polar surface area (TPSA) is 85.9 Å². The Morgan fingerprint density at radius 2 is 2.17 bits per heavy atom. The largest absolute Gasteiger partial charge is 0.364 e. The van der Waals surface area contributed by atoms with E-state index in [-0.39, 0.29) is 11.7 Å². The average molecular weight is 309 g/mol. The highest BCUT2D eigenvalue weighted by Gasteiger charge is 2.09. The van der Waals surface area contributed by atoms with Crippen molar-refractivity contribution in [1.29, 1.82) is 0 Å². The number of nitrogens with one attached hydrogen (secondary N) is 1. The fraction of sp³-hybridized carbons (Fsp3) is 0.125. The summed E-state index contributed by atoms with van der Waals surface area (Å²) in [7, 11) is 0. The van der Waals surface area contributed by atoms with E-state index in [9.17, 15) is 10.1 Å². The molecule has 7 heteroatoms. The number of aromatic nitrogens is 3. The van der Waals surface area contributed by atoms with Crippen LogP contribution in [0.2, 0.25) is 0 Å². The van der Waals surface area contributed by atoms with Crippen LogP contribution in [0.4, 0.5) is 11.5 Å². The van der Waals surface area contributed by atoms with Gasteiger partial charge in [0.25, 0.3) is 5.69 Å². The number of hydrogen-bond acceptors (Lipinski definition) is 5. The van der Waals surface area contributed by atoms with E-state index in [1.54, 1.807) is 18.6 Å². The predicted octanol–water partition coefficient (Wildman–Crippen LogP) is 3.35. The molecule has 0 saturated carbocycles. The van der Waals surface area contributed by atoms with Crippen molar-refractivity contribution in [2.24, 2.45) is 0 Å². The van der Waals surface area contributed by atoms with Crippen LogP contribution in [0, 0.1) is 10.1 Å². The first-order valence-electron chi connectivity index (χ1n) is 7.09. The first kappa shape index (κ1) is 14.7. The van der Waals surface area contributed by atoms with Crippen molar-refractivity contribution in [2.45, 2.75) is 13.0 Å². The van der Waals surface area contributed by atoms with Crippen molar-refractivity contribution < 1.29 is 4.92 Å². The molecule has 0 spiro atoms. The molecule has 7 nitrogen and oxygen atoms in total. The number of benzene rings is 1. The summed E-state index contributed by atoms with van der Waals surface area (Å²) in [6.45, 7) is 2.01. The van der Waals surface area contributed by atoms with E-state index in [1.165, 1.54) is 12.3 Å². The molecule has 0 aliphatic heterocycles. The molecule has 0 amide bonds. The van der Waals surface area contributed by atoms with Crippen molar-refractivity contribution in [3.63, 3.8) is 0 Å². The Labute approximate surface area is 132 Å². The van der Waals surface area contributed by atoms with E-state index in [1.807, 2.05) is 35.9 Å². The second-order valence-electron chi connectivity index (χ2n) is 5.09. The van der Waals surface area contributed by atoms with E-state index >= 15 is 0 Å². The van der Waals surface area contributed by atoms with Crippen molar-refractivity contribution in [3.8, 4) is 5.69 Å². The van der Waals surface area contributed by atoms with Crippen molar-refractivity contribution in [1.82, 2.24) is 14.5 Å². The summed E-state index contributed by atoms with van der Waals surface area (Å²) in [6, 6.07) is 11.1. The zero-order valence-electron chi connectivity index (χ0n) is 12.5. The average Bonchev–Trinajstić information content (AvgIpc) is 3.10. The van der Waals surface area contributed by atoms with E-state index in [0.29, 0.717) is 5.82 Å². The fourth-order valence-corrected chi connectivity index (χ4v) is 2.25. The Morgan fingerprint density at radius 1 is 1.30 bits per heavy atom. The van der Waals surface area contributed by atoms with Crippen LogP contribution in [0.25, 0.3) is 5.69 Å². The zero-order valence-corrected chi connectivity index (χ0v) is 12.5. The SMILES string of the molecule is CC(Nc1ccc([N+](=O)[O-])cn1)c1cccc(-n2ccnc2)c1. The molecule has 0 saturated heterocycles. The minimum Gasteiger partial charge on any atom is -0.364 e. The molecule has 1 N–H and O–H groups in total. The summed E-state index contributed by atoms with van der Waals surface area (Å²) < 4.78 is 1.93. The second-order valence-corrected chi connectivity index (χ2v) is 5.09. The van der Waals surface area contributed by atoms with Crippen molar-refractivity contribution >= 4 is 11.5 Å². The van der Waals surface area contributed by atoms with Crippen LogP contribution in [-0.2, 0) is 0 Å². The van der Waals surface area contributed by atoms with E-state index in [4.69, 9.17) is 0 Å². The molecule has 0 aliphatic rings. The smallest absolute Gasteiger partial charge is 0.287 e. The number of rotatable bonds is 5. The van der Waals surface area contributed by atoms with Gasteiger partial charge in [-0.15, -0.1) is 0 Å². The number of hydrogen-bond donors (Lipinski definition) is 1. The number of anilines is 1. The number of pyridine rings is 1. The molecule has 1 atom stereocenters. The Bertz CT molecular complexity index is 800. The molecule has 116 valence electrons. The highest BCUT2D eigenvalue weighted by molar-refractivity contribution is 5.44. The molecule has 3 aromatic rings. The molecule has 0 bridgehead atoms. The van der Waals surface area contributed by atoms with Gasteiger partial charge in [0.15, 0.2) is 0 Å².